The number of nitrogens with zero attached hydrogens (tertiary/aromatic N) is 3. The van der Waals surface area contributed by atoms with Crippen LogP contribution in [0.25, 0.3) is 0 Å². The van der Waals surface area contributed by atoms with Crippen LogP contribution in [-0.4, -0.2) is 20.8 Å². The van der Waals surface area contributed by atoms with E-state index in [1.54, 1.807) is 6.07 Å². The summed E-state index contributed by atoms with van der Waals surface area (Å²) in [4.78, 5) is 23.4. The number of amides is 1. The Balaban J connectivity index is 1.31. The Hall–Kier alpha value is -2.44. The highest BCUT2D eigenvalue weighted by atomic mass is 19.4. The summed E-state index contributed by atoms with van der Waals surface area (Å²) in [6.45, 7) is 4.74. The van der Waals surface area contributed by atoms with Gasteiger partial charge in [-0.25, -0.2) is 0 Å². The Morgan fingerprint density at radius 2 is 2.10 bits per heavy atom. The molecule has 158 valence electrons. The van der Waals surface area contributed by atoms with Crippen molar-refractivity contribution in [3.63, 3.8) is 0 Å². The number of carbonyl (C=O) groups is 1. The van der Waals surface area contributed by atoms with Gasteiger partial charge < -0.3 is 4.90 Å². The van der Waals surface area contributed by atoms with Gasteiger partial charge in [0.05, 0.1) is 6.04 Å². The summed E-state index contributed by atoms with van der Waals surface area (Å²) in [6.07, 6.45) is 0.872. The van der Waals surface area contributed by atoms with Crippen LogP contribution in [0, 0.1) is 19.8 Å². The third kappa shape index (κ3) is 3.19. The van der Waals surface area contributed by atoms with Crippen LogP contribution in [-0.2, 0) is 23.9 Å². The zero-order valence-electron chi connectivity index (χ0n) is 17.1. The van der Waals surface area contributed by atoms with Crippen molar-refractivity contribution < 1.29 is 18.0 Å². The Morgan fingerprint density at radius 3 is 2.87 bits per heavy atom. The van der Waals surface area contributed by atoms with Crippen molar-refractivity contribution in [2.75, 3.05) is 0 Å². The summed E-state index contributed by atoms with van der Waals surface area (Å²) >= 11 is 0. The molecule has 3 aliphatic rings. The van der Waals surface area contributed by atoms with Crippen LogP contribution in [0.15, 0.2) is 18.3 Å². The Bertz CT molecular complexity index is 1030. The summed E-state index contributed by atoms with van der Waals surface area (Å²) in [5.41, 5.74) is 5.65. The maximum absolute atomic E-state index is 13.2. The molecule has 1 saturated carbocycles. The standard InChI is InChI=1S/C23H24F3N3O/c1-12-13(2)28-18-4-3-5-19-22(18)17(12)11-29(19)21(30)10-15-8-16(15)14-6-7-27-20(9-14)23(24,25)26/h6-7,9,15-16,19H,3-5,8,10-11H2,1-2H3/t15-,16-,19+/m0/s1. The van der Waals surface area contributed by atoms with Crippen LogP contribution in [0.1, 0.15) is 77.0 Å². The van der Waals surface area contributed by atoms with Crippen LogP contribution in [0.4, 0.5) is 13.2 Å². The molecule has 3 atom stereocenters. The molecule has 1 amide bonds. The van der Waals surface area contributed by atoms with E-state index in [0.29, 0.717) is 18.5 Å². The molecule has 2 aliphatic carbocycles. The zero-order chi connectivity index (χ0) is 21.2. The van der Waals surface area contributed by atoms with Crippen LogP contribution >= 0.6 is 0 Å². The van der Waals surface area contributed by atoms with Crippen molar-refractivity contribution in [3.8, 4) is 0 Å². The molecule has 30 heavy (non-hydrogen) atoms. The minimum Gasteiger partial charge on any atom is -0.331 e. The molecule has 0 bridgehead atoms. The third-order valence-corrected chi connectivity index (χ3v) is 7.05. The molecule has 0 saturated heterocycles. The molecule has 1 fully saturated rings. The minimum absolute atomic E-state index is 0.00981. The summed E-state index contributed by atoms with van der Waals surface area (Å²) in [5.74, 6) is 0.225. The molecule has 0 aromatic carbocycles. The predicted molar refractivity (Wildman–Crippen MR) is 105 cm³/mol. The maximum atomic E-state index is 13.2. The minimum atomic E-state index is -4.44. The monoisotopic (exact) mass is 415 g/mol. The summed E-state index contributed by atoms with van der Waals surface area (Å²) < 4.78 is 38.8. The molecular formula is C23H24F3N3O. The number of pyridine rings is 2. The molecule has 3 heterocycles. The predicted octanol–water partition coefficient (Wildman–Crippen LogP) is 5.03. The van der Waals surface area contributed by atoms with Crippen molar-refractivity contribution in [1.82, 2.24) is 14.9 Å². The van der Waals surface area contributed by atoms with Crippen molar-refractivity contribution in [2.24, 2.45) is 5.92 Å². The average Bonchev–Trinajstić information content (AvgIpc) is 3.35. The van der Waals surface area contributed by atoms with E-state index < -0.39 is 11.9 Å². The summed E-state index contributed by atoms with van der Waals surface area (Å²) in [6, 6.07) is 2.88. The first-order valence-electron chi connectivity index (χ1n) is 10.6. The van der Waals surface area contributed by atoms with Crippen molar-refractivity contribution in [2.45, 2.75) is 70.6 Å². The first-order chi connectivity index (χ1) is 14.2. The maximum Gasteiger partial charge on any atom is 0.433 e. The molecular weight excluding hydrogens is 391 g/mol. The van der Waals surface area contributed by atoms with Gasteiger partial charge in [-0.1, -0.05) is 0 Å². The van der Waals surface area contributed by atoms with Gasteiger partial charge in [-0.05, 0) is 80.2 Å². The largest absolute Gasteiger partial charge is 0.433 e. The van der Waals surface area contributed by atoms with Gasteiger partial charge in [-0.15, -0.1) is 0 Å². The molecule has 0 N–H and O–H groups in total. The number of hydrogen-bond acceptors (Lipinski definition) is 3. The van der Waals surface area contributed by atoms with Gasteiger partial charge in [-0.3, -0.25) is 14.8 Å². The highest BCUT2D eigenvalue weighted by Gasteiger charge is 2.45. The van der Waals surface area contributed by atoms with E-state index in [9.17, 15) is 18.0 Å². The second kappa shape index (κ2) is 6.79. The fourth-order valence-electron chi connectivity index (χ4n) is 5.25. The molecule has 5 rings (SSSR count). The number of carbonyl (C=O) groups excluding carboxylic acids is 1. The van der Waals surface area contributed by atoms with Crippen LogP contribution < -0.4 is 0 Å². The van der Waals surface area contributed by atoms with Crippen LogP contribution in [0.3, 0.4) is 0 Å². The molecule has 7 heteroatoms. The topological polar surface area (TPSA) is 46.1 Å². The van der Waals surface area contributed by atoms with Gasteiger partial charge in [0.2, 0.25) is 5.91 Å². The van der Waals surface area contributed by atoms with E-state index >= 15 is 0 Å². The van der Waals surface area contributed by atoms with Gasteiger partial charge in [-0.2, -0.15) is 13.2 Å². The van der Waals surface area contributed by atoms with E-state index in [1.165, 1.54) is 22.9 Å². The molecule has 0 radical (unpaired) electrons. The Morgan fingerprint density at radius 1 is 1.30 bits per heavy atom. The van der Waals surface area contributed by atoms with E-state index in [-0.39, 0.29) is 23.8 Å². The van der Waals surface area contributed by atoms with Gasteiger partial charge >= 0.3 is 6.18 Å². The lowest BCUT2D eigenvalue weighted by atomic mass is 9.88. The number of aromatic nitrogens is 2. The second-order valence-electron chi connectivity index (χ2n) is 8.87. The molecule has 1 aliphatic heterocycles. The number of alkyl halides is 3. The van der Waals surface area contributed by atoms with E-state index in [1.807, 2.05) is 11.8 Å². The highest BCUT2D eigenvalue weighted by Crippen LogP contribution is 2.51. The lowest BCUT2D eigenvalue weighted by Crippen LogP contribution is -2.31. The SMILES string of the molecule is Cc1nc2c3c(c1C)CN(C(=O)C[C@@H]1C[C@H]1c1ccnc(C(F)(F)F)c1)[C@@H]3CCC2. The molecule has 2 aromatic heterocycles. The molecule has 0 unspecified atom stereocenters. The van der Waals surface area contributed by atoms with Crippen molar-refractivity contribution in [3.05, 3.63) is 57.7 Å². The molecule has 0 spiro atoms. The van der Waals surface area contributed by atoms with Gasteiger partial charge in [0.25, 0.3) is 0 Å². The van der Waals surface area contributed by atoms with E-state index in [2.05, 4.69) is 11.9 Å². The Labute approximate surface area is 173 Å². The number of rotatable bonds is 3. The van der Waals surface area contributed by atoms with Gasteiger partial charge in [0, 0.05) is 36.1 Å². The fraction of sp³-hybridized carbons (Fsp3) is 0.522. The van der Waals surface area contributed by atoms with E-state index in [4.69, 9.17) is 4.98 Å². The lowest BCUT2D eigenvalue weighted by molar-refractivity contribution is -0.141. The number of halogens is 3. The average molecular weight is 415 g/mol. The van der Waals surface area contributed by atoms with Crippen LogP contribution in [0.2, 0.25) is 0 Å². The number of aryl methyl sites for hydroxylation is 2. The van der Waals surface area contributed by atoms with Gasteiger partial charge in [0.1, 0.15) is 5.69 Å². The normalized spacial score (nSPS) is 24.7. The molecule has 2 aromatic rings. The van der Waals surface area contributed by atoms with Crippen molar-refractivity contribution >= 4 is 5.91 Å². The second-order valence-corrected chi connectivity index (χ2v) is 8.87. The summed E-state index contributed by atoms with van der Waals surface area (Å²) in [5, 5.41) is 0. The zero-order valence-corrected chi connectivity index (χ0v) is 17.1. The highest BCUT2D eigenvalue weighted by molar-refractivity contribution is 5.79. The third-order valence-electron chi connectivity index (χ3n) is 7.05. The van der Waals surface area contributed by atoms with E-state index in [0.717, 1.165) is 43.1 Å². The first kappa shape index (κ1) is 19.5. The smallest absolute Gasteiger partial charge is 0.331 e. The molecule has 4 nitrogen and oxygen atoms in total. The van der Waals surface area contributed by atoms with Gasteiger partial charge in [0.15, 0.2) is 0 Å². The van der Waals surface area contributed by atoms with Crippen LogP contribution in [0.5, 0.6) is 0 Å². The number of hydrogen-bond donors (Lipinski definition) is 0. The lowest BCUT2D eigenvalue weighted by Gasteiger charge is -2.29. The summed E-state index contributed by atoms with van der Waals surface area (Å²) in [7, 11) is 0. The fourth-order valence-corrected chi connectivity index (χ4v) is 5.25. The quantitative estimate of drug-likeness (QED) is 0.707. The Kier molecular flexibility index (Phi) is 4.42. The van der Waals surface area contributed by atoms with Crippen molar-refractivity contribution in [1.29, 1.82) is 0 Å². The first-order valence-corrected chi connectivity index (χ1v) is 10.6.